The van der Waals surface area contributed by atoms with Gasteiger partial charge >= 0.3 is 0 Å². The highest BCUT2D eigenvalue weighted by Gasteiger charge is 2.09. The van der Waals surface area contributed by atoms with Crippen LogP contribution in [0.3, 0.4) is 0 Å². The molecule has 1 aromatic rings. The first-order valence-electron chi connectivity index (χ1n) is 4.62. The van der Waals surface area contributed by atoms with Crippen LogP contribution in [0, 0.1) is 6.92 Å². The van der Waals surface area contributed by atoms with Gasteiger partial charge in [-0.3, -0.25) is 0 Å². The van der Waals surface area contributed by atoms with E-state index in [-0.39, 0.29) is 0 Å². The molecule has 0 aliphatic carbocycles. The molecule has 0 radical (unpaired) electrons. The smallest absolute Gasteiger partial charge is 0.120 e. The van der Waals surface area contributed by atoms with Crippen molar-refractivity contribution in [2.45, 2.75) is 20.3 Å². The lowest BCUT2D eigenvalue weighted by atomic mass is 10.0. The van der Waals surface area contributed by atoms with Gasteiger partial charge in [-0.05, 0) is 25.0 Å². The number of aryl methyl sites for hydroxylation is 2. The molecule has 1 rings (SSSR count). The van der Waals surface area contributed by atoms with Gasteiger partial charge in [0.05, 0.1) is 12.1 Å². The minimum absolute atomic E-state index is 0.619. The third kappa shape index (κ3) is 2.10. The molecule has 0 saturated carbocycles. The minimum Gasteiger partial charge on any atom is -0.497 e. The Labute approximate surface area is 90.3 Å². The first kappa shape index (κ1) is 11.1. The Hall–Kier alpha value is -0.950. The highest BCUT2D eigenvalue weighted by molar-refractivity contribution is 6.33. The Balaban J connectivity index is 3.29. The maximum Gasteiger partial charge on any atom is 0.120 e. The van der Waals surface area contributed by atoms with Crippen LogP contribution < -0.4 is 0 Å². The number of ether oxygens (including phenoxy) is 1. The van der Waals surface area contributed by atoms with Crippen LogP contribution in [0.15, 0.2) is 18.7 Å². The average Bonchev–Trinajstić information content (AvgIpc) is 2.19. The predicted octanol–water partition coefficient (Wildman–Crippen LogP) is 3.83. The lowest BCUT2D eigenvalue weighted by Crippen LogP contribution is -1.93. The fourth-order valence-corrected chi connectivity index (χ4v) is 1.76. The van der Waals surface area contributed by atoms with E-state index in [4.69, 9.17) is 16.3 Å². The van der Waals surface area contributed by atoms with E-state index in [9.17, 15) is 0 Å². The van der Waals surface area contributed by atoms with Gasteiger partial charge in [0.2, 0.25) is 0 Å². The van der Waals surface area contributed by atoms with Crippen LogP contribution in [0.4, 0.5) is 0 Å². The van der Waals surface area contributed by atoms with Gasteiger partial charge in [-0.15, -0.1) is 0 Å². The van der Waals surface area contributed by atoms with Gasteiger partial charge < -0.3 is 4.74 Å². The Morgan fingerprint density at radius 1 is 1.50 bits per heavy atom. The lowest BCUT2D eigenvalue weighted by molar-refractivity contribution is 0.371. The molecule has 0 saturated heterocycles. The second kappa shape index (κ2) is 4.52. The van der Waals surface area contributed by atoms with Crippen LogP contribution in [-0.2, 0) is 11.2 Å². The molecule has 2 heteroatoms. The zero-order chi connectivity index (χ0) is 10.7. The minimum atomic E-state index is 0.619. The van der Waals surface area contributed by atoms with Crippen molar-refractivity contribution in [2.75, 3.05) is 7.11 Å². The van der Waals surface area contributed by atoms with E-state index in [0.29, 0.717) is 5.76 Å². The van der Waals surface area contributed by atoms with Gasteiger partial charge in [-0.2, -0.15) is 0 Å². The molecule has 0 heterocycles. The largest absolute Gasteiger partial charge is 0.497 e. The first-order valence-corrected chi connectivity index (χ1v) is 5.00. The van der Waals surface area contributed by atoms with E-state index in [1.54, 1.807) is 7.11 Å². The molecule has 14 heavy (non-hydrogen) atoms. The third-order valence-electron chi connectivity index (χ3n) is 2.22. The van der Waals surface area contributed by atoms with Gasteiger partial charge in [0, 0.05) is 5.56 Å². The van der Waals surface area contributed by atoms with Gasteiger partial charge in [0.15, 0.2) is 0 Å². The van der Waals surface area contributed by atoms with E-state index in [1.165, 1.54) is 5.56 Å². The fraction of sp³-hybridized carbons (Fsp3) is 0.333. The maximum absolute atomic E-state index is 6.21. The molecule has 0 unspecified atom stereocenters. The van der Waals surface area contributed by atoms with Gasteiger partial charge in [0.1, 0.15) is 5.76 Å². The average molecular weight is 211 g/mol. The van der Waals surface area contributed by atoms with Crippen LogP contribution in [-0.4, -0.2) is 7.11 Å². The van der Waals surface area contributed by atoms with E-state index in [1.807, 2.05) is 13.0 Å². The van der Waals surface area contributed by atoms with Crippen LogP contribution in [0.5, 0.6) is 0 Å². The van der Waals surface area contributed by atoms with Gasteiger partial charge in [-0.1, -0.05) is 36.7 Å². The topological polar surface area (TPSA) is 9.23 Å². The van der Waals surface area contributed by atoms with Crippen molar-refractivity contribution < 1.29 is 4.74 Å². The number of methoxy groups -OCH3 is 1. The molecule has 1 nitrogen and oxygen atoms in total. The van der Waals surface area contributed by atoms with Gasteiger partial charge in [-0.25, -0.2) is 0 Å². The number of halogens is 1. The standard InChI is InChI=1S/C12H15ClO/c1-5-10-6-8(2)7-11(12(10)13)9(3)14-4/h6-7H,3,5H2,1-2,4H3. The SMILES string of the molecule is C=C(OC)c1cc(C)cc(CC)c1Cl. The fourth-order valence-electron chi connectivity index (χ4n) is 1.41. The van der Waals surface area contributed by atoms with Crippen molar-refractivity contribution in [1.29, 1.82) is 0 Å². The summed E-state index contributed by atoms with van der Waals surface area (Å²) in [5.74, 6) is 0.619. The highest BCUT2D eigenvalue weighted by Crippen LogP contribution is 2.28. The van der Waals surface area contributed by atoms with E-state index < -0.39 is 0 Å². The van der Waals surface area contributed by atoms with Crippen LogP contribution in [0.25, 0.3) is 5.76 Å². The Morgan fingerprint density at radius 2 is 2.14 bits per heavy atom. The number of hydrogen-bond acceptors (Lipinski definition) is 1. The molecular formula is C12H15ClO. The molecule has 0 N–H and O–H groups in total. The lowest BCUT2D eigenvalue weighted by Gasteiger charge is -2.11. The van der Waals surface area contributed by atoms with Crippen LogP contribution in [0.2, 0.25) is 5.02 Å². The molecule has 0 aliphatic heterocycles. The van der Waals surface area contributed by atoms with Crippen LogP contribution >= 0.6 is 11.6 Å². The summed E-state index contributed by atoms with van der Waals surface area (Å²) < 4.78 is 5.09. The second-order valence-corrected chi connectivity index (χ2v) is 3.64. The summed E-state index contributed by atoms with van der Waals surface area (Å²) in [6.45, 7) is 7.94. The Kier molecular flexibility index (Phi) is 3.59. The summed E-state index contributed by atoms with van der Waals surface area (Å²) in [6, 6.07) is 4.09. The molecule has 0 atom stereocenters. The molecule has 1 aromatic carbocycles. The monoisotopic (exact) mass is 210 g/mol. The number of benzene rings is 1. The van der Waals surface area contributed by atoms with Crippen LogP contribution in [0.1, 0.15) is 23.6 Å². The van der Waals surface area contributed by atoms with Crippen molar-refractivity contribution in [3.63, 3.8) is 0 Å². The summed E-state index contributed by atoms with van der Waals surface area (Å²) in [5.41, 5.74) is 3.21. The van der Waals surface area contributed by atoms with Gasteiger partial charge in [0.25, 0.3) is 0 Å². The molecule has 0 amide bonds. The Bertz CT molecular complexity index is 356. The summed E-state index contributed by atoms with van der Waals surface area (Å²) in [6.07, 6.45) is 0.921. The normalized spacial score (nSPS) is 10.0. The Morgan fingerprint density at radius 3 is 2.64 bits per heavy atom. The quantitative estimate of drug-likeness (QED) is 0.689. The molecular weight excluding hydrogens is 196 g/mol. The van der Waals surface area contributed by atoms with Crippen molar-refractivity contribution in [1.82, 2.24) is 0 Å². The summed E-state index contributed by atoms with van der Waals surface area (Å²) >= 11 is 6.21. The highest BCUT2D eigenvalue weighted by atomic mass is 35.5. The summed E-state index contributed by atoms with van der Waals surface area (Å²) in [7, 11) is 1.60. The zero-order valence-corrected chi connectivity index (χ0v) is 9.61. The molecule has 0 bridgehead atoms. The van der Waals surface area contributed by atoms with Crippen molar-refractivity contribution >= 4 is 17.4 Å². The predicted molar refractivity (Wildman–Crippen MR) is 61.6 cm³/mol. The molecule has 0 aromatic heterocycles. The molecule has 76 valence electrons. The molecule has 0 fully saturated rings. The maximum atomic E-state index is 6.21. The van der Waals surface area contributed by atoms with Crippen molar-refractivity contribution in [3.05, 3.63) is 40.4 Å². The zero-order valence-electron chi connectivity index (χ0n) is 8.86. The van der Waals surface area contributed by atoms with E-state index in [2.05, 4.69) is 19.6 Å². The number of rotatable bonds is 3. The first-order chi connectivity index (χ1) is 6.60. The molecule has 0 spiro atoms. The van der Waals surface area contributed by atoms with Crippen molar-refractivity contribution in [3.8, 4) is 0 Å². The van der Waals surface area contributed by atoms with Crippen molar-refractivity contribution in [2.24, 2.45) is 0 Å². The summed E-state index contributed by atoms with van der Waals surface area (Å²) in [4.78, 5) is 0. The third-order valence-corrected chi connectivity index (χ3v) is 2.67. The second-order valence-electron chi connectivity index (χ2n) is 3.27. The van der Waals surface area contributed by atoms with E-state index >= 15 is 0 Å². The summed E-state index contributed by atoms with van der Waals surface area (Å²) in [5, 5.41) is 0.755. The number of hydrogen-bond donors (Lipinski definition) is 0. The van der Waals surface area contributed by atoms with E-state index in [0.717, 1.165) is 22.6 Å². The molecule has 0 aliphatic rings.